The predicted molar refractivity (Wildman–Crippen MR) is 48.2 cm³/mol. The van der Waals surface area contributed by atoms with E-state index >= 15 is 0 Å². The highest BCUT2D eigenvalue weighted by atomic mass is 35.5. The zero-order valence-electron chi connectivity index (χ0n) is 7.31. The lowest BCUT2D eigenvalue weighted by atomic mass is 10.2. The fourth-order valence-corrected chi connectivity index (χ4v) is 1.15. The minimum atomic E-state index is -4.82. The van der Waals surface area contributed by atoms with Crippen LogP contribution in [0.4, 0.5) is 19.0 Å². The molecule has 0 saturated heterocycles. The van der Waals surface area contributed by atoms with Crippen LogP contribution >= 0.6 is 11.6 Å². The van der Waals surface area contributed by atoms with Crippen molar-refractivity contribution < 1.29 is 17.9 Å². The van der Waals surface area contributed by atoms with Gasteiger partial charge in [0, 0.05) is 12.6 Å². The number of ether oxygens (including phenoxy) is 1. The van der Waals surface area contributed by atoms with Gasteiger partial charge < -0.3 is 16.2 Å². The van der Waals surface area contributed by atoms with Crippen LogP contribution in [0.25, 0.3) is 0 Å². The van der Waals surface area contributed by atoms with Gasteiger partial charge in [0.05, 0.1) is 5.56 Å². The lowest BCUT2D eigenvalue weighted by Crippen LogP contribution is -2.19. The average molecular weight is 242 g/mol. The summed E-state index contributed by atoms with van der Waals surface area (Å²) in [6.07, 6.45) is -4.82. The lowest BCUT2D eigenvalue weighted by Gasteiger charge is -2.13. The van der Waals surface area contributed by atoms with Crippen LogP contribution in [0.1, 0.15) is 5.56 Å². The molecule has 8 heteroatoms. The van der Waals surface area contributed by atoms with Crippen molar-refractivity contribution in [2.45, 2.75) is 12.9 Å². The number of anilines is 1. The maximum Gasteiger partial charge on any atom is 0.573 e. The number of nitrogen functional groups attached to an aromatic ring is 1. The summed E-state index contributed by atoms with van der Waals surface area (Å²) in [7, 11) is 0. The molecule has 0 aliphatic carbocycles. The summed E-state index contributed by atoms with van der Waals surface area (Å²) in [5.74, 6) is -0.702. The monoisotopic (exact) mass is 241 g/mol. The topological polar surface area (TPSA) is 74.2 Å². The maximum atomic E-state index is 12.0. The van der Waals surface area contributed by atoms with E-state index in [9.17, 15) is 13.2 Å². The van der Waals surface area contributed by atoms with E-state index in [4.69, 9.17) is 23.1 Å². The highest BCUT2D eigenvalue weighted by Crippen LogP contribution is 2.30. The Morgan fingerprint density at radius 3 is 2.53 bits per heavy atom. The van der Waals surface area contributed by atoms with Gasteiger partial charge in [-0.25, -0.2) is 4.98 Å². The average Bonchev–Trinajstić information content (AvgIpc) is 1.99. The second-order valence-corrected chi connectivity index (χ2v) is 2.95. The molecule has 0 bridgehead atoms. The summed E-state index contributed by atoms with van der Waals surface area (Å²) in [6.45, 7) is -0.221. The molecule has 84 valence electrons. The molecule has 4 nitrogen and oxygen atoms in total. The molecule has 0 aliphatic rings. The first-order valence-electron chi connectivity index (χ1n) is 3.74. The van der Waals surface area contributed by atoms with Gasteiger partial charge in [-0.2, -0.15) is 0 Å². The van der Waals surface area contributed by atoms with Gasteiger partial charge in [-0.1, -0.05) is 11.6 Å². The quantitative estimate of drug-likeness (QED) is 0.773. The molecule has 1 heterocycles. The standard InChI is InChI=1S/C7H7ClF3N3O/c8-5-1-4(15-7(9,10)11)3(2-12)6(13)14-5/h1H,2,12H2,(H2,13,14). The number of alkyl halides is 3. The Labute approximate surface area is 88.0 Å². The molecular weight excluding hydrogens is 235 g/mol. The number of rotatable bonds is 2. The third-order valence-electron chi connectivity index (χ3n) is 1.51. The summed E-state index contributed by atoms with van der Waals surface area (Å²) in [4.78, 5) is 3.55. The van der Waals surface area contributed by atoms with E-state index in [1.165, 1.54) is 0 Å². The number of nitrogens with two attached hydrogens (primary N) is 2. The van der Waals surface area contributed by atoms with Crippen molar-refractivity contribution >= 4 is 17.4 Å². The minimum absolute atomic E-state index is 0.0308. The SMILES string of the molecule is NCc1c(OC(F)(F)F)cc(Cl)nc1N. The van der Waals surface area contributed by atoms with Crippen LogP contribution in [-0.2, 0) is 6.54 Å². The van der Waals surface area contributed by atoms with E-state index in [-0.39, 0.29) is 23.1 Å². The lowest BCUT2D eigenvalue weighted by molar-refractivity contribution is -0.274. The minimum Gasteiger partial charge on any atom is -0.405 e. The summed E-state index contributed by atoms with van der Waals surface area (Å²) in [5, 5.41) is -0.191. The Hall–Kier alpha value is -1.21. The van der Waals surface area contributed by atoms with Gasteiger partial charge in [-0.15, -0.1) is 13.2 Å². The summed E-state index contributed by atoms with van der Waals surface area (Å²) < 4.78 is 39.6. The molecule has 1 rings (SSSR count). The summed E-state index contributed by atoms with van der Waals surface area (Å²) in [5.41, 5.74) is 10.5. The van der Waals surface area contributed by atoms with Crippen molar-refractivity contribution in [2.75, 3.05) is 5.73 Å². The highest BCUT2D eigenvalue weighted by molar-refractivity contribution is 6.29. The molecule has 15 heavy (non-hydrogen) atoms. The van der Waals surface area contributed by atoms with E-state index in [0.29, 0.717) is 0 Å². The van der Waals surface area contributed by atoms with Crippen molar-refractivity contribution in [2.24, 2.45) is 5.73 Å². The fourth-order valence-electron chi connectivity index (χ4n) is 0.957. The molecule has 0 radical (unpaired) electrons. The molecule has 0 aliphatic heterocycles. The third-order valence-corrected chi connectivity index (χ3v) is 1.71. The van der Waals surface area contributed by atoms with E-state index in [1.54, 1.807) is 0 Å². The van der Waals surface area contributed by atoms with Gasteiger partial charge in [-0.05, 0) is 0 Å². The highest BCUT2D eigenvalue weighted by Gasteiger charge is 2.32. The van der Waals surface area contributed by atoms with Crippen LogP contribution < -0.4 is 16.2 Å². The van der Waals surface area contributed by atoms with Crippen LogP contribution in [0.5, 0.6) is 5.75 Å². The molecular formula is C7H7ClF3N3O. The van der Waals surface area contributed by atoms with Crippen LogP contribution in [0, 0.1) is 0 Å². The Balaban J connectivity index is 3.15. The molecule has 0 aromatic carbocycles. The maximum absolute atomic E-state index is 12.0. The Kier molecular flexibility index (Phi) is 3.25. The first kappa shape index (κ1) is 11.9. The zero-order chi connectivity index (χ0) is 11.6. The van der Waals surface area contributed by atoms with E-state index in [2.05, 4.69) is 9.72 Å². The second-order valence-electron chi connectivity index (χ2n) is 2.56. The smallest absolute Gasteiger partial charge is 0.405 e. The van der Waals surface area contributed by atoms with E-state index < -0.39 is 12.1 Å². The molecule has 0 amide bonds. The molecule has 1 aromatic heterocycles. The fraction of sp³-hybridized carbons (Fsp3) is 0.286. The van der Waals surface area contributed by atoms with Gasteiger partial charge >= 0.3 is 6.36 Å². The van der Waals surface area contributed by atoms with Crippen molar-refractivity contribution in [1.82, 2.24) is 4.98 Å². The molecule has 4 N–H and O–H groups in total. The Morgan fingerprint density at radius 1 is 1.47 bits per heavy atom. The molecule has 0 unspecified atom stereocenters. The predicted octanol–water partition coefficient (Wildman–Crippen LogP) is 1.67. The second kappa shape index (κ2) is 4.11. The normalized spacial score (nSPS) is 11.5. The number of halogens is 4. The number of aromatic nitrogens is 1. The van der Waals surface area contributed by atoms with Gasteiger partial charge in [-0.3, -0.25) is 0 Å². The molecule has 1 aromatic rings. The van der Waals surface area contributed by atoms with Crippen LogP contribution in [0.2, 0.25) is 5.15 Å². The van der Waals surface area contributed by atoms with E-state index in [1.807, 2.05) is 0 Å². The Bertz CT molecular complexity index is 369. The van der Waals surface area contributed by atoms with Crippen LogP contribution in [0.15, 0.2) is 6.07 Å². The number of pyridine rings is 1. The molecule has 0 spiro atoms. The van der Waals surface area contributed by atoms with Crippen molar-refractivity contribution in [3.8, 4) is 5.75 Å². The Morgan fingerprint density at radius 2 is 2.07 bits per heavy atom. The van der Waals surface area contributed by atoms with Crippen LogP contribution in [0.3, 0.4) is 0 Å². The zero-order valence-corrected chi connectivity index (χ0v) is 8.06. The largest absolute Gasteiger partial charge is 0.573 e. The van der Waals surface area contributed by atoms with Gasteiger partial charge in [0.1, 0.15) is 16.7 Å². The number of nitrogens with zero attached hydrogens (tertiary/aromatic N) is 1. The summed E-state index contributed by atoms with van der Waals surface area (Å²) >= 11 is 5.43. The van der Waals surface area contributed by atoms with Crippen molar-refractivity contribution in [3.63, 3.8) is 0 Å². The van der Waals surface area contributed by atoms with Gasteiger partial charge in [0.15, 0.2) is 0 Å². The van der Waals surface area contributed by atoms with Crippen LogP contribution in [-0.4, -0.2) is 11.3 Å². The first-order valence-corrected chi connectivity index (χ1v) is 4.12. The van der Waals surface area contributed by atoms with E-state index in [0.717, 1.165) is 6.07 Å². The summed E-state index contributed by atoms with van der Waals surface area (Å²) in [6, 6.07) is 0.910. The van der Waals surface area contributed by atoms with Crippen molar-refractivity contribution in [1.29, 1.82) is 0 Å². The molecule has 0 saturated carbocycles. The number of hydrogen-bond acceptors (Lipinski definition) is 4. The molecule has 0 fully saturated rings. The van der Waals surface area contributed by atoms with Gasteiger partial charge in [0.2, 0.25) is 0 Å². The van der Waals surface area contributed by atoms with Gasteiger partial charge in [0.25, 0.3) is 0 Å². The number of hydrogen-bond donors (Lipinski definition) is 2. The third kappa shape index (κ3) is 3.14. The molecule has 0 atom stereocenters. The van der Waals surface area contributed by atoms with Crippen molar-refractivity contribution in [3.05, 3.63) is 16.8 Å². The first-order chi connectivity index (χ1) is 6.83.